The standard InChI is InChI=1S/C14H18Cl2N2O2/c15-11-5-10(6-12(16)7-11)8-18-9-14(13(17)19)1-3-20-4-2-14/h5-7,18H,1-4,8-9H2,(H2,17,19). The zero-order valence-electron chi connectivity index (χ0n) is 11.1. The number of nitrogens with one attached hydrogen (secondary N) is 1. The molecule has 1 aromatic rings. The summed E-state index contributed by atoms with van der Waals surface area (Å²) in [4.78, 5) is 11.7. The minimum Gasteiger partial charge on any atom is -0.381 e. The van der Waals surface area contributed by atoms with Crippen LogP contribution >= 0.6 is 23.2 Å². The second kappa shape index (κ2) is 6.76. The molecule has 1 aromatic carbocycles. The van der Waals surface area contributed by atoms with Crippen LogP contribution in [0.2, 0.25) is 10.0 Å². The lowest BCUT2D eigenvalue weighted by Gasteiger charge is -2.34. The molecule has 1 fully saturated rings. The van der Waals surface area contributed by atoms with E-state index in [1.54, 1.807) is 6.07 Å². The number of rotatable bonds is 5. The maximum absolute atomic E-state index is 11.7. The minimum absolute atomic E-state index is 0.266. The smallest absolute Gasteiger partial charge is 0.225 e. The molecule has 0 spiro atoms. The monoisotopic (exact) mass is 316 g/mol. The van der Waals surface area contributed by atoms with E-state index in [1.807, 2.05) is 12.1 Å². The number of carbonyl (C=O) groups is 1. The van der Waals surface area contributed by atoms with E-state index in [1.165, 1.54) is 0 Å². The molecular formula is C14H18Cl2N2O2. The highest BCUT2D eigenvalue weighted by atomic mass is 35.5. The fourth-order valence-electron chi connectivity index (χ4n) is 2.43. The Bertz CT molecular complexity index is 468. The fourth-order valence-corrected chi connectivity index (χ4v) is 3.00. The normalized spacial score (nSPS) is 17.9. The predicted molar refractivity (Wildman–Crippen MR) is 79.8 cm³/mol. The Balaban J connectivity index is 1.95. The third-order valence-electron chi connectivity index (χ3n) is 3.69. The van der Waals surface area contributed by atoms with E-state index >= 15 is 0 Å². The number of hydrogen-bond acceptors (Lipinski definition) is 3. The van der Waals surface area contributed by atoms with Crippen molar-refractivity contribution in [2.75, 3.05) is 19.8 Å². The van der Waals surface area contributed by atoms with Crippen LogP contribution in [0.25, 0.3) is 0 Å². The van der Waals surface area contributed by atoms with Gasteiger partial charge in [0.05, 0.1) is 5.41 Å². The number of ether oxygens (including phenoxy) is 1. The first-order valence-electron chi connectivity index (χ1n) is 6.55. The van der Waals surface area contributed by atoms with Crippen LogP contribution < -0.4 is 11.1 Å². The van der Waals surface area contributed by atoms with Gasteiger partial charge in [0.15, 0.2) is 0 Å². The van der Waals surface area contributed by atoms with E-state index < -0.39 is 5.41 Å². The Morgan fingerprint density at radius 3 is 2.40 bits per heavy atom. The van der Waals surface area contributed by atoms with Crippen molar-refractivity contribution in [3.8, 4) is 0 Å². The van der Waals surface area contributed by atoms with Crippen LogP contribution in [-0.2, 0) is 16.1 Å². The number of nitrogens with two attached hydrogens (primary N) is 1. The van der Waals surface area contributed by atoms with Crippen molar-refractivity contribution in [1.82, 2.24) is 5.32 Å². The van der Waals surface area contributed by atoms with Crippen LogP contribution in [0.4, 0.5) is 0 Å². The molecule has 0 aromatic heterocycles. The molecular weight excluding hydrogens is 299 g/mol. The molecule has 3 N–H and O–H groups in total. The minimum atomic E-state index is -0.513. The molecule has 6 heteroatoms. The average molecular weight is 317 g/mol. The molecule has 0 bridgehead atoms. The van der Waals surface area contributed by atoms with E-state index in [9.17, 15) is 4.79 Å². The van der Waals surface area contributed by atoms with E-state index in [0.717, 1.165) is 5.56 Å². The van der Waals surface area contributed by atoms with Gasteiger partial charge in [-0.25, -0.2) is 0 Å². The van der Waals surface area contributed by atoms with Gasteiger partial charge in [-0.15, -0.1) is 0 Å². The molecule has 0 radical (unpaired) electrons. The number of carbonyl (C=O) groups excluding carboxylic acids is 1. The summed E-state index contributed by atoms with van der Waals surface area (Å²) in [5.74, 6) is -0.266. The Labute approximate surface area is 128 Å². The highest BCUT2D eigenvalue weighted by Gasteiger charge is 2.37. The first-order valence-corrected chi connectivity index (χ1v) is 7.31. The molecule has 20 heavy (non-hydrogen) atoms. The Morgan fingerprint density at radius 2 is 1.85 bits per heavy atom. The molecule has 0 aliphatic carbocycles. The summed E-state index contributed by atoms with van der Waals surface area (Å²) in [6.45, 7) is 2.28. The Hall–Kier alpha value is -0.810. The lowest BCUT2D eigenvalue weighted by Crippen LogP contribution is -2.48. The largest absolute Gasteiger partial charge is 0.381 e. The zero-order valence-corrected chi connectivity index (χ0v) is 12.6. The van der Waals surface area contributed by atoms with Crippen molar-refractivity contribution in [3.05, 3.63) is 33.8 Å². The SMILES string of the molecule is NC(=O)C1(CNCc2cc(Cl)cc(Cl)c2)CCOCC1. The lowest BCUT2D eigenvalue weighted by atomic mass is 9.79. The maximum Gasteiger partial charge on any atom is 0.225 e. The first kappa shape index (κ1) is 15.6. The van der Waals surface area contributed by atoms with Crippen molar-refractivity contribution in [1.29, 1.82) is 0 Å². The molecule has 0 saturated carbocycles. The number of halogens is 2. The van der Waals surface area contributed by atoms with Crippen LogP contribution in [0, 0.1) is 5.41 Å². The number of hydrogen-bond donors (Lipinski definition) is 2. The van der Waals surface area contributed by atoms with Crippen LogP contribution in [-0.4, -0.2) is 25.7 Å². The Morgan fingerprint density at radius 1 is 1.25 bits per heavy atom. The van der Waals surface area contributed by atoms with Gasteiger partial charge >= 0.3 is 0 Å². The predicted octanol–water partition coefficient (Wildman–Crippen LogP) is 2.37. The van der Waals surface area contributed by atoms with Crippen LogP contribution in [0.5, 0.6) is 0 Å². The van der Waals surface area contributed by atoms with Crippen molar-refractivity contribution < 1.29 is 9.53 Å². The lowest BCUT2D eigenvalue weighted by molar-refractivity contribution is -0.132. The van der Waals surface area contributed by atoms with E-state index in [2.05, 4.69) is 5.32 Å². The van der Waals surface area contributed by atoms with Crippen molar-refractivity contribution in [3.63, 3.8) is 0 Å². The molecule has 110 valence electrons. The second-order valence-corrected chi connectivity index (χ2v) is 6.01. The van der Waals surface area contributed by atoms with Crippen molar-refractivity contribution >= 4 is 29.1 Å². The number of amides is 1. The zero-order chi connectivity index (χ0) is 14.6. The van der Waals surface area contributed by atoms with Crippen LogP contribution in [0.1, 0.15) is 18.4 Å². The van der Waals surface area contributed by atoms with E-state index in [0.29, 0.717) is 49.2 Å². The average Bonchev–Trinajstić information content (AvgIpc) is 2.38. The van der Waals surface area contributed by atoms with Gasteiger partial charge < -0.3 is 15.8 Å². The fraction of sp³-hybridized carbons (Fsp3) is 0.500. The number of primary amides is 1. The molecule has 1 heterocycles. The molecule has 4 nitrogen and oxygen atoms in total. The second-order valence-electron chi connectivity index (χ2n) is 5.14. The summed E-state index contributed by atoms with van der Waals surface area (Å²) in [5.41, 5.74) is 6.02. The van der Waals surface area contributed by atoms with Gasteiger partial charge in [0.1, 0.15) is 0 Å². The molecule has 1 saturated heterocycles. The first-order chi connectivity index (χ1) is 9.52. The van der Waals surface area contributed by atoms with Gasteiger partial charge in [-0.3, -0.25) is 4.79 Å². The summed E-state index contributed by atoms with van der Waals surface area (Å²) in [5, 5.41) is 4.48. The van der Waals surface area contributed by atoms with Crippen LogP contribution in [0.15, 0.2) is 18.2 Å². The van der Waals surface area contributed by atoms with E-state index in [4.69, 9.17) is 33.7 Å². The molecule has 0 atom stereocenters. The topological polar surface area (TPSA) is 64.4 Å². The summed E-state index contributed by atoms with van der Waals surface area (Å²) in [7, 11) is 0. The third kappa shape index (κ3) is 3.85. The van der Waals surface area contributed by atoms with Gasteiger partial charge in [-0.2, -0.15) is 0 Å². The molecule has 1 aliphatic rings. The summed E-state index contributed by atoms with van der Waals surface area (Å²) in [6, 6.07) is 5.39. The van der Waals surface area contributed by atoms with Crippen molar-refractivity contribution in [2.24, 2.45) is 11.1 Å². The van der Waals surface area contributed by atoms with Gasteiger partial charge in [-0.1, -0.05) is 23.2 Å². The van der Waals surface area contributed by atoms with E-state index in [-0.39, 0.29) is 5.91 Å². The van der Waals surface area contributed by atoms with Gasteiger partial charge in [-0.05, 0) is 36.6 Å². The highest BCUT2D eigenvalue weighted by molar-refractivity contribution is 6.34. The molecule has 2 rings (SSSR count). The Kier molecular flexibility index (Phi) is 5.27. The van der Waals surface area contributed by atoms with Gasteiger partial charge in [0.2, 0.25) is 5.91 Å². The third-order valence-corrected chi connectivity index (χ3v) is 4.12. The quantitative estimate of drug-likeness (QED) is 0.876. The number of benzene rings is 1. The maximum atomic E-state index is 11.7. The highest BCUT2D eigenvalue weighted by Crippen LogP contribution is 2.29. The van der Waals surface area contributed by atoms with Crippen LogP contribution in [0.3, 0.4) is 0 Å². The van der Waals surface area contributed by atoms with Gasteiger partial charge in [0.25, 0.3) is 0 Å². The summed E-state index contributed by atoms with van der Waals surface area (Å²) >= 11 is 11.9. The van der Waals surface area contributed by atoms with Crippen molar-refractivity contribution in [2.45, 2.75) is 19.4 Å². The molecule has 0 unspecified atom stereocenters. The van der Waals surface area contributed by atoms with Gasteiger partial charge in [0, 0.05) is 36.3 Å². The summed E-state index contributed by atoms with van der Waals surface area (Å²) < 4.78 is 5.30. The molecule has 1 amide bonds. The molecule has 1 aliphatic heterocycles. The summed E-state index contributed by atoms with van der Waals surface area (Å²) in [6.07, 6.45) is 1.32.